The lowest BCUT2D eigenvalue weighted by Gasteiger charge is -2.19. The van der Waals surface area contributed by atoms with Crippen molar-refractivity contribution < 1.29 is 4.57 Å². The third-order valence-corrected chi connectivity index (χ3v) is 7.56. The Balaban J connectivity index is 1.47. The van der Waals surface area contributed by atoms with Crippen molar-refractivity contribution in [3.63, 3.8) is 0 Å². The lowest BCUT2D eigenvalue weighted by atomic mass is 9.90. The first-order chi connectivity index (χ1) is 14.3. The molecule has 1 nitrogen and oxygen atoms in total. The molecule has 0 radical (unpaired) electrons. The fraction of sp³-hybridized carbons (Fsp3) is 0.464. The minimum atomic E-state index is 0.257. The SMILES string of the molecule is CC(C)c1cc(CCCCCC[n+]2cccc(-c3ccccc3)c2)c(C(C)(C)C)s1. The Hall–Kier alpha value is -1.93. The molecule has 0 fully saturated rings. The van der Waals surface area contributed by atoms with Gasteiger partial charge in [0.2, 0.25) is 0 Å². The van der Waals surface area contributed by atoms with E-state index in [4.69, 9.17) is 0 Å². The molecule has 0 unspecified atom stereocenters. The van der Waals surface area contributed by atoms with Gasteiger partial charge in [0, 0.05) is 27.8 Å². The predicted molar refractivity (Wildman–Crippen MR) is 131 cm³/mol. The normalized spacial score (nSPS) is 11.9. The van der Waals surface area contributed by atoms with Crippen LogP contribution in [0.5, 0.6) is 0 Å². The quantitative estimate of drug-likeness (QED) is 0.244. The molecule has 30 heavy (non-hydrogen) atoms. The van der Waals surface area contributed by atoms with E-state index in [0.29, 0.717) is 5.92 Å². The molecule has 0 amide bonds. The zero-order valence-electron chi connectivity index (χ0n) is 19.4. The summed E-state index contributed by atoms with van der Waals surface area (Å²) >= 11 is 2.04. The summed E-state index contributed by atoms with van der Waals surface area (Å²) < 4.78 is 2.34. The first-order valence-corrected chi connectivity index (χ1v) is 12.3. The maximum atomic E-state index is 2.49. The van der Waals surface area contributed by atoms with Gasteiger partial charge in [-0.2, -0.15) is 0 Å². The average molecular weight is 421 g/mol. The number of benzene rings is 1. The van der Waals surface area contributed by atoms with Crippen LogP contribution in [-0.2, 0) is 18.4 Å². The number of hydrogen-bond donors (Lipinski definition) is 0. The zero-order valence-corrected chi connectivity index (χ0v) is 20.3. The summed E-state index contributed by atoms with van der Waals surface area (Å²) in [6, 6.07) is 17.5. The first-order valence-electron chi connectivity index (χ1n) is 11.5. The summed E-state index contributed by atoms with van der Waals surface area (Å²) in [6.45, 7) is 12.8. The summed E-state index contributed by atoms with van der Waals surface area (Å²) in [4.78, 5) is 3.14. The summed E-state index contributed by atoms with van der Waals surface area (Å²) in [5, 5.41) is 0. The molecule has 0 aliphatic carbocycles. The van der Waals surface area contributed by atoms with Crippen LogP contribution in [0.3, 0.4) is 0 Å². The Morgan fingerprint density at radius 2 is 1.57 bits per heavy atom. The molecule has 0 aliphatic rings. The van der Waals surface area contributed by atoms with Crippen LogP contribution in [0.25, 0.3) is 11.1 Å². The minimum absolute atomic E-state index is 0.257. The van der Waals surface area contributed by atoms with Crippen LogP contribution < -0.4 is 4.57 Å². The highest BCUT2D eigenvalue weighted by molar-refractivity contribution is 7.12. The number of pyridine rings is 1. The van der Waals surface area contributed by atoms with Gasteiger partial charge in [0.05, 0.1) is 0 Å². The van der Waals surface area contributed by atoms with E-state index in [9.17, 15) is 0 Å². The van der Waals surface area contributed by atoms with Crippen molar-refractivity contribution in [1.82, 2.24) is 0 Å². The van der Waals surface area contributed by atoms with Crippen LogP contribution in [-0.4, -0.2) is 0 Å². The van der Waals surface area contributed by atoms with E-state index in [0.717, 1.165) is 6.54 Å². The van der Waals surface area contributed by atoms with Crippen molar-refractivity contribution in [1.29, 1.82) is 0 Å². The fourth-order valence-electron chi connectivity index (χ4n) is 3.98. The fourth-order valence-corrected chi connectivity index (χ4v) is 5.25. The van der Waals surface area contributed by atoms with E-state index in [1.54, 1.807) is 15.3 Å². The first kappa shape index (κ1) is 22.7. The van der Waals surface area contributed by atoms with E-state index >= 15 is 0 Å². The maximum absolute atomic E-state index is 2.49. The molecule has 160 valence electrons. The van der Waals surface area contributed by atoms with Gasteiger partial charge in [0.1, 0.15) is 6.54 Å². The summed E-state index contributed by atoms with van der Waals surface area (Å²) in [6.07, 6.45) is 10.9. The van der Waals surface area contributed by atoms with Gasteiger partial charge >= 0.3 is 0 Å². The number of aryl methyl sites for hydroxylation is 2. The summed E-state index contributed by atoms with van der Waals surface area (Å²) in [5.41, 5.74) is 4.44. The van der Waals surface area contributed by atoms with Gasteiger partial charge in [-0.3, -0.25) is 0 Å². The second-order valence-electron chi connectivity index (χ2n) is 9.77. The minimum Gasteiger partial charge on any atom is -0.205 e. The van der Waals surface area contributed by atoms with E-state index in [2.05, 4.69) is 100 Å². The Morgan fingerprint density at radius 1 is 0.867 bits per heavy atom. The van der Waals surface area contributed by atoms with Crippen LogP contribution in [0.4, 0.5) is 0 Å². The molecule has 0 N–H and O–H groups in total. The highest BCUT2D eigenvalue weighted by Gasteiger charge is 2.22. The van der Waals surface area contributed by atoms with Gasteiger partial charge in [-0.05, 0) is 53.9 Å². The summed E-state index contributed by atoms with van der Waals surface area (Å²) in [5.74, 6) is 0.633. The molecule has 3 aromatic rings. The standard InChI is InChI=1S/C28H38NS/c1-22(2)26-20-24(27(30-26)28(3,4)5)16-9-6-7-12-18-29-19-13-17-25(21-29)23-14-10-8-11-15-23/h8,10-11,13-15,17,19-22H,6-7,9,12,16,18H2,1-5H3/q+1. The number of unbranched alkanes of at least 4 members (excludes halogenated alkanes) is 3. The van der Waals surface area contributed by atoms with E-state index in [1.165, 1.54) is 43.2 Å². The third kappa shape index (κ3) is 6.28. The second kappa shape index (κ2) is 10.4. The van der Waals surface area contributed by atoms with Gasteiger partial charge < -0.3 is 0 Å². The predicted octanol–water partition coefficient (Wildman–Crippen LogP) is 7.93. The van der Waals surface area contributed by atoms with Crippen LogP contribution >= 0.6 is 11.3 Å². The van der Waals surface area contributed by atoms with Crippen molar-refractivity contribution in [3.05, 3.63) is 76.2 Å². The van der Waals surface area contributed by atoms with Crippen molar-refractivity contribution >= 4 is 11.3 Å². The Bertz CT molecular complexity index is 915. The number of thiophene rings is 1. The maximum Gasteiger partial charge on any atom is 0.176 e. The van der Waals surface area contributed by atoms with Crippen molar-refractivity contribution in [2.45, 2.75) is 84.6 Å². The summed E-state index contributed by atoms with van der Waals surface area (Å²) in [7, 11) is 0. The van der Waals surface area contributed by atoms with Crippen LogP contribution in [0.1, 0.15) is 81.5 Å². The average Bonchev–Trinajstić information content (AvgIpc) is 3.17. The van der Waals surface area contributed by atoms with Crippen molar-refractivity contribution in [3.8, 4) is 11.1 Å². The van der Waals surface area contributed by atoms with Crippen LogP contribution in [0.15, 0.2) is 60.9 Å². The molecule has 0 bridgehead atoms. The number of rotatable bonds is 9. The molecule has 2 aromatic heterocycles. The van der Waals surface area contributed by atoms with E-state index < -0.39 is 0 Å². The van der Waals surface area contributed by atoms with E-state index in [-0.39, 0.29) is 5.41 Å². The van der Waals surface area contributed by atoms with E-state index in [1.807, 2.05) is 11.3 Å². The van der Waals surface area contributed by atoms with Crippen molar-refractivity contribution in [2.75, 3.05) is 0 Å². The molecular weight excluding hydrogens is 382 g/mol. The Kier molecular flexibility index (Phi) is 7.88. The molecule has 0 saturated heterocycles. The molecule has 0 aliphatic heterocycles. The largest absolute Gasteiger partial charge is 0.205 e. The topological polar surface area (TPSA) is 3.88 Å². The molecule has 0 spiro atoms. The number of aromatic nitrogens is 1. The molecular formula is C28H38NS+. The molecule has 2 heteroatoms. The Labute approximate surface area is 187 Å². The second-order valence-corrected chi connectivity index (χ2v) is 10.9. The molecule has 0 saturated carbocycles. The molecule has 1 aromatic carbocycles. The van der Waals surface area contributed by atoms with Gasteiger partial charge in [0.15, 0.2) is 12.4 Å². The zero-order chi connectivity index (χ0) is 21.6. The number of hydrogen-bond acceptors (Lipinski definition) is 1. The van der Waals surface area contributed by atoms with Gasteiger partial charge in [0.25, 0.3) is 0 Å². The van der Waals surface area contributed by atoms with Crippen LogP contribution in [0.2, 0.25) is 0 Å². The van der Waals surface area contributed by atoms with Crippen molar-refractivity contribution in [2.24, 2.45) is 0 Å². The third-order valence-electron chi connectivity index (χ3n) is 5.66. The lowest BCUT2D eigenvalue weighted by molar-refractivity contribution is -0.696. The van der Waals surface area contributed by atoms with Gasteiger partial charge in [-0.25, -0.2) is 4.57 Å². The van der Waals surface area contributed by atoms with Crippen LogP contribution in [0, 0.1) is 0 Å². The lowest BCUT2D eigenvalue weighted by Crippen LogP contribution is -2.32. The highest BCUT2D eigenvalue weighted by atomic mass is 32.1. The molecule has 0 atom stereocenters. The number of nitrogens with zero attached hydrogens (tertiary/aromatic N) is 1. The van der Waals surface area contributed by atoms with Gasteiger partial charge in [-0.15, -0.1) is 11.3 Å². The highest BCUT2D eigenvalue weighted by Crippen LogP contribution is 2.37. The van der Waals surface area contributed by atoms with Gasteiger partial charge in [-0.1, -0.05) is 71.4 Å². The Morgan fingerprint density at radius 3 is 2.27 bits per heavy atom. The molecule has 3 rings (SSSR count). The molecule has 2 heterocycles. The monoisotopic (exact) mass is 420 g/mol. The smallest absolute Gasteiger partial charge is 0.176 e.